The Bertz CT molecular complexity index is 1830. The first kappa shape index (κ1) is 27.2. The van der Waals surface area contributed by atoms with Gasteiger partial charge in [0.15, 0.2) is 0 Å². The predicted octanol–water partition coefficient (Wildman–Crippen LogP) is 7.04. The van der Waals surface area contributed by atoms with Crippen LogP contribution in [0.15, 0.2) is 47.8 Å². The van der Waals surface area contributed by atoms with Crippen LogP contribution in [0.3, 0.4) is 0 Å². The molecule has 0 unspecified atom stereocenters. The van der Waals surface area contributed by atoms with Crippen LogP contribution in [0, 0.1) is 11.6 Å². The van der Waals surface area contributed by atoms with Crippen molar-refractivity contribution in [3.8, 4) is 39.5 Å². The van der Waals surface area contributed by atoms with Gasteiger partial charge in [-0.2, -0.15) is 5.10 Å². The lowest BCUT2D eigenvalue weighted by Gasteiger charge is -2.25. The Morgan fingerprint density at radius 3 is 2.74 bits per heavy atom. The van der Waals surface area contributed by atoms with Crippen molar-refractivity contribution in [2.24, 2.45) is 0 Å². The number of rotatable bonds is 5. The monoisotopic (exact) mass is 585 g/mol. The van der Waals surface area contributed by atoms with Crippen molar-refractivity contribution in [1.82, 2.24) is 25.0 Å². The largest absolute Gasteiger partial charge is 0.490 e. The first-order chi connectivity index (χ1) is 20.2. The third-order valence-corrected chi connectivity index (χ3v) is 9.04. The molecule has 7 rings (SSSR count). The number of halogens is 2. The first-order valence-electron chi connectivity index (χ1n) is 14.4. The zero-order chi connectivity index (χ0) is 29.1. The fourth-order valence-electron chi connectivity index (χ4n) is 6.12. The number of nitrogens with one attached hydrogen (secondary N) is 1. The van der Waals surface area contributed by atoms with Crippen molar-refractivity contribution in [1.29, 1.82) is 0 Å². The van der Waals surface area contributed by atoms with Crippen LogP contribution in [-0.2, 0) is 26.1 Å². The van der Waals surface area contributed by atoms with Crippen molar-refractivity contribution in [2.75, 3.05) is 13.6 Å². The zero-order valence-electron chi connectivity index (χ0n) is 24.2. The lowest BCUT2D eigenvalue weighted by Crippen LogP contribution is -2.36. The molecule has 0 saturated heterocycles. The molecule has 0 spiro atoms. The van der Waals surface area contributed by atoms with E-state index < -0.39 is 11.6 Å². The number of likely N-dealkylation sites (N-methyl/N-ethyl adjacent to an activating group) is 1. The van der Waals surface area contributed by atoms with Gasteiger partial charge < -0.3 is 15.0 Å². The fourth-order valence-corrected chi connectivity index (χ4v) is 7.07. The molecule has 9 heteroatoms. The minimum Gasteiger partial charge on any atom is -0.490 e. The molecule has 0 amide bonds. The summed E-state index contributed by atoms with van der Waals surface area (Å²) in [5.74, 6) is -1.21. The van der Waals surface area contributed by atoms with E-state index in [2.05, 4.69) is 42.4 Å². The molecule has 0 fully saturated rings. The van der Waals surface area contributed by atoms with Crippen LogP contribution in [0.5, 0.6) is 5.75 Å². The van der Waals surface area contributed by atoms with Crippen LogP contribution in [0.2, 0.25) is 0 Å². The van der Waals surface area contributed by atoms with Gasteiger partial charge in [-0.25, -0.2) is 13.8 Å². The number of hydrogen-bond donors (Lipinski definition) is 1. The molecule has 2 aromatic carbocycles. The Balaban J connectivity index is 1.51. The molecule has 2 aliphatic rings. The number of pyridine rings is 1. The molecule has 0 saturated carbocycles. The molecule has 5 heterocycles. The second-order valence-electron chi connectivity index (χ2n) is 11.7. The summed E-state index contributed by atoms with van der Waals surface area (Å²) in [6.45, 7) is 9.17. The molecule has 5 aromatic rings. The maximum absolute atomic E-state index is 15.9. The number of fused-ring (bicyclic) bond motifs is 3. The molecular weight excluding hydrogens is 552 g/mol. The van der Waals surface area contributed by atoms with Crippen molar-refractivity contribution in [2.45, 2.75) is 59.0 Å². The van der Waals surface area contributed by atoms with Crippen molar-refractivity contribution < 1.29 is 13.5 Å². The second-order valence-corrected chi connectivity index (χ2v) is 12.6. The van der Waals surface area contributed by atoms with E-state index in [4.69, 9.17) is 14.8 Å². The topological polar surface area (TPSA) is 55.2 Å². The molecule has 2 aliphatic heterocycles. The lowest BCUT2D eigenvalue weighted by molar-refractivity contribution is 0.241. The summed E-state index contributed by atoms with van der Waals surface area (Å²) in [5.41, 5.74) is 7.56. The van der Waals surface area contributed by atoms with E-state index in [1.54, 1.807) is 0 Å². The van der Waals surface area contributed by atoms with Crippen molar-refractivity contribution in [3.05, 3.63) is 76.3 Å². The molecular formula is C33H33F2N5OS. The number of nitrogens with zero attached hydrogens (tertiary/aromatic N) is 4. The lowest BCUT2D eigenvalue weighted by atomic mass is 9.93. The highest BCUT2D eigenvalue weighted by molar-refractivity contribution is 7.18. The van der Waals surface area contributed by atoms with E-state index in [0.717, 1.165) is 59.2 Å². The predicted molar refractivity (Wildman–Crippen MR) is 164 cm³/mol. The molecule has 6 nitrogen and oxygen atoms in total. The molecule has 42 heavy (non-hydrogen) atoms. The SMILES string of the molecule is CC(C)Oc1cc(F)cc(F)c1-c1c(-c2cc3n(n2)C[C@@H](C)NC3)nc(-c2ccc3c(c2)CCN(C)C3)c2ccsc12. The molecule has 0 bridgehead atoms. The minimum atomic E-state index is -0.687. The fraction of sp³-hybridized carbons (Fsp3) is 0.333. The van der Waals surface area contributed by atoms with Crippen LogP contribution < -0.4 is 10.1 Å². The number of hydrogen-bond acceptors (Lipinski definition) is 6. The van der Waals surface area contributed by atoms with Gasteiger partial charge in [0.2, 0.25) is 0 Å². The van der Waals surface area contributed by atoms with Gasteiger partial charge in [-0.15, -0.1) is 11.3 Å². The van der Waals surface area contributed by atoms with Crippen LogP contribution in [0.4, 0.5) is 8.78 Å². The number of thiophene rings is 1. The van der Waals surface area contributed by atoms with Gasteiger partial charge in [0.25, 0.3) is 0 Å². The van der Waals surface area contributed by atoms with Crippen LogP contribution in [0.1, 0.15) is 37.6 Å². The molecule has 0 radical (unpaired) electrons. The quantitative estimate of drug-likeness (QED) is 0.240. The molecule has 216 valence electrons. The van der Waals surface area contributed by atoms with E-state index in [-0.39, 0.29) is 23.5 Å². The van der Waals surface area contributed by atoms with E-state index in [1.807, 2.05) is 36.0 Å². The maximum Gasteiger partial charge on any atom is 0.137 e. The molecule has 1 N–H and O–H groups in total. The smallest absolute Gasteiger partial charge is 0.137 e. The Hall–Kier alpha value is -3.66. The average molecular weight is 586 g/mol. The van der Waals surface area contributed by atoms with E-state index >= 15 is 4.39 Å². The summed E-state index contributed by atoms with van der Waals surface area (Å²) in [7, 11) is 2.14. The van der Waals surface area contributed by atoms with Crippen LogP contribution in [-0.4, -0.2) is 45.4 Å². The van der Waals surface area contributed by atoms with E-state index in [9.17, 15) is 4.39 Å². The maximum atomic E-state index is 15.9. The number of aromatic nitrogens is 3. The molecule has 0 aliphatic carbocycles. The Morgan fingerprint density at radius 1 is 1.05 bits per heavy atom. The summed E-state index contributed by atoms with van der Waals surface area (Å²) in [5, 5.41) is 11.4. The second kappa shape index (κ2) is 10.6. The summed E-state index contributed by atoms with van der Waals surface area (Å²) in [6, 6.07) is 13.1. The third kappa shape index (κ3) is 4.79. The van der Waals surface area contributed by atoms with Gasteiger partial charge in [-0.3, -0.25) is 4.68 Å². The van der Waals surface area contributed by atoms with Gasteiger partial charge in [-0.1, -0.05) is 12.1 Å². The highest BCUT2D eigenvalue weighted by atomic mass is 32.1. The average Bonchev–Trinajstić information content (AvgIpc) is 3.59. The van der Waals surface area contributed by atoms with E-state index in [1.165, 1.54) is 28.5 Å². The van der Waals surface area contributed by atoms with Gasteiger partial charge in [-0.05, 0) is 68.9 Å². The van der Waals surface area contributed by atoms with Gasteiger partial charge >= 0.3 is 0 Å². The standard InChI is InChI=1S/C33H33F2N5OS/c1-18(2)41-28-13-23(34)12-26(35)29(28)30-32(27-14-24-15-36-19(3)16-40(24)38-27)37-31(25-8-10-42-33(25)30)21-5-6-22-17-39(4)9-7-20(22)11-21/h5-6,8,10-14,18-19,36H,7,9,15-17H2,1-4H3/t19-/m1/s1. The Kier molecular flexibility index (Phi) is 6.84. The van der Waals surface area contributed by atoms with Crippen molar-refractivity contribution in [3.63, 3.8) is 0 Å². The highest BCUT2D eigenvalue weighted by Gasteiger charge is 2.28. The third-order valence-electron chi connectivity index (χ3n) is 8.11. The Labute approximate surface area is 248 Å². The van der Waals surface area contributed by atoms with Gasteiger partial charge in [0.05, 0.1) is 29.6 Å². The first-order valence-corrected chi connectivity index (χ1v) is 15.3. The van der Waals surface area contributed by atoms with Gasteiger partial charge in [0, 0.05) is 59.0 Å². The summed E-state index contributed by atoms with van der Waals surface area (Å²) >= 11 is 1.52. The zero-order valence-corrected chi connectivity index (χ0v) is 25.0. The van der Waals surface area contributed by atoms with Crippen LogP contribution in [0.25, 0.3) is 43.9 Å². The Morgan fingerprint density at radius 2 is 1.90 bits per heavy atom. The number of benzene rings is 2. The minimum absolute atomic E-state index is 0.158. The van der Waals surface area contributed by atoms with E-state index in [0.29, 0.717) is 23.5 Å². The number of ether oxygens (including phenoxy) is 1. The molecule has 3 aromatic heterocycles. The normalized spacial score (nSPS) is 17.1. The summed E-state index contributed by atoms with van der Waals surface area (Å²) < 4.78 is 39.3. The molecule has 1 atom stereocenters. The van der Waals surface area contributed by atoms with Crippen LogP contribution >= 0.6 is 11.3 Å². The van der Waals surface area contributed by atoms with Gasteiger partial charge in [0.1, 0.15) is 28.8 Å². The highest BCUT2D eigenvalue weighted by Crippen LogP contribution is 2.47. The summed E-state index contributed by atoms with van der Waals surface area (Å²) in [4.78, 5) is 7.61. The summed E-state index contributed by atoms with van der Waals surface area (Å²) in [6.07, 6.45) is 0.703. The van der Waals surface area contributed by atoms with Crippen molar-refractivity contribution >= 4 is 21.4 Å².